The number of thioether (sulfide) groups is 1. The third-order valence-corrected chi connectivity index (χ3v) is 4.10. The van der Waals surface area contributed by atoms with E-state index in [0.29, 0.717) is 4.91 Å². The number of esters is 1. The number of carbonyl (C=O) groups excluding carboxylic acids is 3. The van der Waals surface area contributed by atoms with Crippen LogP contribution in [-0.4, -0.2) is 34.7 Å². The zero-order valence-electron chi connectivity index (χ0n) is 12.7. The Morgan fingerprint density at radius 1 is 1.32 bits per heavy atom. The number of hydrogen-bond donors (Lipinski definition) is 0. The Morgan fingerprint density at radius 3 is 2.55 bits per heavy atom. The first kappa shape index (κ1) is 16.3. The molecule has 1 saturated heterocycles. The lowest BCUT2D eigenvalue weighted by molar-refractivity contribution is -0.150. The molecule has 0 aromatic heterocycles. The maximum atomic E-state index is 12.3. The molecule has 0 radical (unpaired) electrons. The predicted octanol–water partition coefficient (Wildman–Crippen LogP) is 2.98. The van der Waals surface area contributed by atoms with E-state index in [9.17, 15) is 14.4 Å². The van der Waals surface area contributed by atoms with Gasteiger partial charge in [0.1, 0.15) is 6.04 Å². The van der Waals surface area contributed by atoms with Gasteiger partial charge in [-0.15, -0.1) is 0 Å². The van der Waals surface area contributed by atoms with Crippen molar-refractivity contribution in [2.24, 2.45) is 0 Å². The van der Waals surface area contributed by atoms with Gasteiger partial charge in [0.25, 0.3) is 11.1 Å². The van der Waals surface area contributed by atoms with Crippen molar-refractivity contribution in [2.45, 2.75) is 26.8 Å². The Kier molecular flexibility index (Phi) is 5.03. The van der Waals surface area contributed by atoms with Crippen LogP contribution >= 0.6 is 11.8 Å². The van der Waals surface area contributed by atoms with Gasteiger partial charge in [0.2, 0.25) is 0 Å². The number of hydrogen-bond acceptors (Lipinski definition) is 5. The maximum absolute atomic E-state index is 12.3. The quantitative estimate of drug-likeness (QED) is 0.630. The third kappa shape index (κ3) is 3.39. The molecule has 1 aromatic rings. The first-order valence-corrected chi connectivity index (χ1v) is 7.76. The summed E-state index contributed by atoms with van der Waals surface area (Å²) >= 11 is 0.835. The minimum atomic E-state index is -0.920. The van der Waals surface area contributed by atoms with Crippen LogP contribution in [0.3, 0.4) is 0 Å². The van der Waals surface area contributed by atoms with Crippen LogP contribution in [0.5, 0.6) is 0 Å². The van der Waals surface area contributed by atoms with E-state index in [1.807, 2.05) is 31.2 Å². The average molecular weight is 319 g/mol. The highest BCUT2D eigenvalue weighted by atomic mass is 32.2. The van der Waals surface area contributed by atoms with E-state index in [1.165, 1.54) is 6.92 Å². The lowest BCUT2D eigenvalue weighted by Crippen LogP contribution is -2.42. The second kappa shape index (κ2) is 6.79. The molecule has 1 unspecified atom stereocenters. The molecule has 116 valence electrons. The monoisotopic (exact) mass is 319 g/mol. The molecule has 1 fully saturated rings. The second-order valence-corrected chi connectivity index (χ2v) is 5.88. The molecular weight excluding hydrogens is 302 g/mol. The molecular formula is C16H17NO4S. The number of amides is 2. The smallest absolute Gasteiger partial charge is 0.329 e. The van der Waals surface area contributed by atoms with Gasteiger partial charge in [0, 0.05) is 0 Å². The van der Waals surface area contributed by atoms with Gasteiger partial charge in [-0.3, -0.25) is 14.5 Å². The van der Waals surface area contributed by atoms with Gasteiger partial charge in [-0.05, 0) is 44.2 Å². The van der Waals surface area contributed by atoms with E-state index >= 15 is 0 Å². The zero-order chi connectivity index (χ0) is 16.3. The second-order valence-electron chi connectivity index (χ2n) is 4.89. The van der Waals surface area contributed by atoms with Crippen molar-refractivity contribution >= 4 is 35.0 Å². The summed E-state index contributed by atoms with van der Waals surface area (Å²) in [5.74, 6) is -1.04. The number of imide groups is 1. The Bertz CT molecular complexity index is 636. The van der Waals surface area contributed by atoms with Crippen molar-refractivity contribution in [2.75, 3.05) is 6.61 Å². The van der Waals surface area contributed by atoms with E-state index in [0.717, 1.165) is 27.8 Å². The van der Waals surface area contributed by atoms with Crippen LogP contribution in [0.1, 0.15) is 25.0 Å². The predicted molar refractivity (Wildman–Crippen MR) is 85.1 cm³/mol. The van der Waals surface area contributed by atoms with E-state index < -0.39 is 23.2 Å². The Morgan fingerprint density at radius 2 is 1.95 bits per heavy atom. The minimum absolute atomic E-state index is 0.207. The molecule has 1 heterocycles. The molecule has 0 spiro atoms. The molecule has 1 atom stereocenters. The van der Waals surface area contributed by atoms with Crippen molar-refractivity contribution in [3.8, 4) is 0 Å². The molecule has 0 bridgehead atoms. The standard InChI is InChI=1S/C16H17NO4S/c1-4-21-15(19)11(3)17-14(18)13(22-16(17)20)9-12-7-5-10(2)6-8-12/h5-9,11H,4H2,1-3H3/b13-9+. The molecule has 0 saturated carbocycles. The van der Waals surface area contributed by atoms with Crippen molar-refractivity contribution in [3.63, 3.8) is 0 Å². The summed E-state index contributed by atoms with van der Waals surface area (Å²) in [6.45, 7) is 5.34. The van der Waals surface area contributed by atoms with Gasteiger partial charge in [-0.25, -0.2) is 4.79 Å². The topological polar surface area (TPSA) is 63.7 Å². The molecule has 1 aliphatic heterocycles. The Hall–Kier alpha value is -2.08. The van der Waals surface area contributed by atoms with Gasteiger partial charge >= 0.3 is 5.97 Å². The number of rotatable bonds is 4. The van der Waals surface area contributed by atoms with Crippen molar-refractivity contribution in [1.29, 1.82) is 0 Å². The van der Waals surface area contributed by atoms with Gasteiger partial charge < -0.3 is 4.74 Å². The molecule has 5 nitrogen and oxygen atoms in total. The van der Waals surface area contributed by atoms with Crippen molar-refractivity contribution < 1.29 is 19.1 Å². The number of nitrogens with zero attached hydrogens (tertiary/aromatic N) is 1. The van der Waals surface area contributed by atoms with Crippen LogP contribution in [0.15, 0.2) is 29.2 Å². The largest absolute Gasteiger partial charge is 0.464 e. The summed E-state index contributed by atoms with van der Waals surface area (Å²) in [4.78, 5) is 37.3. The maximum Gasteiger partial charge on any atom is 0.329 e. The number of benzene rings is 1. The first-order chi connectivity index (χ1) is 10.4. The summed E-state index contributed by atoms with van der Waals surface area (Å²) in [7, 11) is 0. The molecule has 1 aromatic carbocycles. The summed E-state index contributed by atoms with van der Waals surface area (Å²) in [5, 5.41) is -0.455. The molecule has 0 aliphatic carbocycles. The van der Waals surface area contributed by atoms with Crippen molar-refractivity contribution in [3.05, 3.63) is 40.3 Å². The van der Waals surface area contributed by atoms with Crippen LogP contribution in [0.25, 0.3) is 6.08 Å². The fraction of sp³-hybridized carbons (Fsp3) is 0.312. The number of ether oxygens (including phenoxy) is 1. The third-order valence-electron chi connectivity index (χ3n) is 3.21. The highest BCUT2D eigenvalue weighted by Crippen LogP contribution is 2.33. The van der Waals surface area contributed by atoms with Crippen LogP contribution in [0, 0.1) is 6.92 Å². The number of aryl methyl sites for hydroxylation is 1. The van der Waals surface area contributed by atoms with Gasteiger partial charge in [-0.1, -0.05) is 29.8 Å². The molecule has 1 aliphatic rings. The fourth-order valence-electron chi connectivity index (χ4n) is 2.00. The molecule has 0 N–H and O–H groups in total. The summed E-state index contributed by atoms with van der Waals surface area (Å²) in [6, 6.07) is 6.68. The number of carbonyl (C=O) groups is 3. The van der Waals surface area contributed by atoms with Gasteiger partial charge in [0.15, 0.2) is 0 Å². The van der Waals surface area contributed by atoms with Crippen LogP contribution in [0.2, 0.25) is 0 Å². The van der Waals surface area contributed by atoms with Gasteiger partial charge in [0.05, 0.1) is 11.5 Å². The normalized spacial score (nSPS) is 18.0. The van der Waals surface area contributed by atoms with Crippen LogP contribution in [-0.2, 0) is 14.3 Å². The Labute approximate surface area is 133 Å². The molecule has 2 rings (SSSR count). The lowest BCUT2D eigenvalue weighted by atomic mass is 10.1. The SMILES string of the molecule is CCOC(=O)C(C)N1C(=O)S/C(=C/c2ccc(C)cc2)C1=O. The highest BCUT2D eigenvalue weighted by Gasteiger charge is 2.41. The first-order valence-electron chi connectivity index (χ1n) is 6.94. The molecule has 22 heavy (non-hydrogen) atoms. The van der Waals surface area contributed by atoms with E-state index in [4.69, 9.17) is 4.74 Å². The zero-order valence-corrected chi connectivity index (χ0v) is 13.5. The van der Waals surface area contributed by atoms with Crippen LogP contribution < -0.4 is 0 Å². The highest BCUT2D eigenvalue weighted by molar-refractivity contribution is 8.18. The van der Waals surface area contributed by atoms with E-state index in [-0.39, 0.29) is 6.61 Å². The lowest BCUT2D eigenvalue weighted by Gasteiger charge is -2.19. The Balaban J connectivity index is 2.21. The van der Waals surface area contributed by atoms with Crippen LogP contribution in [0.4, 0.5) is 4.79 Å². The van der Waals surface area contributed by atoms with Gasteiger partial charge in [-0.2, -0.15) is 0 Å². The van der Waals surface area contributed by atoms with E-state index in [1.54, 1.807) is 13.0 Å². The van der Waals surface area contributed by atoms with Crippen molar-refractivity contribution in [1.82, 2.24) is 4.90 Å². The summed E-state index contributed by atoms with van der Waals surface area (Å²) in [5.41, 5.74) is 1.95. The average Bonchev–Trinajstić information content (AvgIpc) is 2.75. The fourth-order valence-corrected chi connectivity index (χ4v) is 2.90. The minimum Gasteiger partial charge on any atom is -0.464 e. The molecule has 6 heteroatoms. The summed E-state index contributed by atoms with van der Waals surface area (Å²) in [6.07, 6.45) is 1.65. The molecule has 2 amide bonds. The van der Waals surface area contributed by atoms with E-state index in [2.05, 4.69) is 0 Å². The summed E-state index contributed by atoms with van der Waals surface area (Å²) < 4.78 is 4.87.